The van der Waals surface area contributed by atoms with Gasteiger partial charge in [-0.3, -0.25) is 0 Å². The first-order chi connectivity index (χ1) is 12.0. The zero-order valence-electron chi connectivity index (χ0n) is 13.7. The summed E-state index contributed by atoms with van der Waals surface area (Å²) in [6.07, 6.45) is 1.71. The average molecular weight is 337 g/mol. The van der Waals surface area contributed by atoms with Crippen LogP contribution in [0.1, 0.15) is 0 Å². The molecule has 2 heterocycles. The van der Waals surface area contributed by atoms with Crippen molar-refractivity contribution in [3.8, 4) is 22.8 Å². The maximum Gasteiger partial charge on any atom is 0.202 e. The van der Waals surface area contributed by atoms with E-state index in [0.717, 1.165) is 5.56 Å². The lowest BCUT2D eigenvalue weighted by Gasteiger charge is -2.10. The predicted molar refractivity (Wildman–Crippen MR) is 96.2 cm³/mol. The Morgan fingerprint density at radius 2 is 2.04 bits per heavy atom. The average Bonchev–Trinajstić information content (AvgIpc) is 2.88. The van der Waals surface area contributed by atoms with Crippen LogP contribution in [0.15, 0.2) is 42.6 Å². The molecule has 25 heavy (non-hydrogen) atoms. The van der Waals surface area contributed by atoms with Crippen molar-refractivity contribution in [2.75, 3.05) is 12.8 Å². The van der Waals surface area contributed by atoms with E-state index in [9.17, 15) is 9.50 Å². The van der Waals surface area contributed by atoms with E-state index in [1.807, 2.05) is 18.2 Å². The highest BCUT2D eigenvalue weighted by Gasteiger charge is 2.16. The van der Waals surface area contributed by atoms with E-state index in [4.69, 9.17) is 10.5 Å². The Bertz CT molecular complexity index is 1130. The van der Waals surface area contributed by atoms with E-state index in [0.29, 0.717) is 38.8 Å². The SMILES string of the molecule is COc1cc(F)cc(-c2cccc3c(N)c4c(O)n(C)cc4nc23)c1. The zero-order chi connectivity index (χ0) is 17.7. The number of para-hydroxylation sites is 1. The quantitative estimate of drug-likeness (QED) is 0.583. The van der Waals surface area contributed by atoms with Gasteiger partial charge in [-0.1, -0.05) is 18.2 Å². The van der Waals surface area contributed by atoms with Gasteiger partial charge in [0.25, 0.3) is 0 Å². The number of nitrogens with zero attached hydrogens (tertiary/aromatic N) is 2. The number of benzene rings is 2. The number of aromatic hydroxyl groups is 1. The fraction of sp³-hybridized carbons (Fsp3) is 0.105. The Morgan fingerprint density at radius 1 is 1.24 bits per heavy atom. The number of pyridine rings is 1. The number of methoxy groups -OCH3 is 1. The molecule has 0 saturated heterocycles. The Balaban J connectivity index is 2.09. The van der Waals surface area contributed by atoms with Crippen molar-refractivity contribution in [3.05, 3.63) is 48.4 Å². The molecule has 0 fully saturated rings. The summed E-state index contributed by atoms with van der Waals surface area (Å²) in [5.74, 6) is 0.107. The summed E-state index contributed by atoms with van der Waals surface area (Å²) in [6.45, 7) is 0. The number of ether oxygens (including phenoxy) is 1. The number of rotatable bonds is 2. The minimum Gasteiger partial charge on any atom is -0.497 e. The molecule has 126 valence electrons. The fourth-order valence-corrected chi connectivity index (χ4v) is 3.15. The van der Waals surface area contributed by atoms with E-state index < -0.39 is 5.82 Å². The number of hydrogen-bond donors (Lipinski definition) is 2. The van der Waals surface area contributed by atoms with Crippen LogP contribution in [-0.4, -0.2) is 21.8 Å². The van der Waals surface area contributed by atoms with Crippen LogP contribution in [0.5, 0.6) is 11.6 Å². The number of halogens is 1. The standard InChI is InChI=1S/C19H16FN3O2/c1-23-9-15-16(19(23)24)17(21)14-5-3-4-13(18(14)22-15)10-6-11(20)8-12(7-10)25-2/h3-9,24H,21H2,1-2H3. The summed E-state index contributed by atoms with van der Waals surface area (Å²) in [6, 6.07) is 10.0. The van der Waals surface area contributed by atoms with Gasteiger partial charge in [0, 0.05) is 30.3 Å². The number of hydrogen-bond acceptors (Lipinski definition) is 4. The molecule has 0 unspecified atom stereocenters. The number of nitrogens with two attached hydrogens (primary N) is 1. The molecule has 2 aromatic heterocycles. The molecule has 0 aliphatic heterocycles. The lowest BCUT2D eigenvalue weighted by Crippen LogP contribution is -1.94. The fourth-order valence-electron chi connectivity index (χ4n) is 3.15. The molecule has 5 nitrogen and oxygen atoms in total. The van der Waals surface area contributed by atoms with Gasteiger partial charge in [0.2, 0.25) is 5.88 Å². The van der Waals surface area contributed by atoms with Gasteiger partial charge in [-0.15, -0.1) is 0 Å². The van der Waals surface area contributed by atoms with E-state index in [-0.39, 0.29) is 5.88 Å². The third kappa shape index (κ3) is 2.26. The van der Waals surface area contributed by atoms with Crippen LogP contribution in [0.2, 0.25) is 0 Å². The highest BCUT2D eigenvalue weighted by Crippen LogP contribution is 2.39. The first kappa shape index (κ1) is 15.3. The highest BCUT2D eigenvalue weighted by molar-refractivity contribution is 6.12. The van der Waals surface area contributed by atoms with Crippen LogP contribution in [-0.2, 0) is 7.05 Å². The summed E-state index contributed by atoms with van der Waals surface area (Å²) in [7, 11) is 3.22. The summed E-state index contributed by atoms with van der Waals surface area (Å²) in [5, 5.41) is 11.4. The largest absolute Gasteiger partial charge is 0.497 e. The topological polar surface area (TPSA) is 73.3 Å². The van der Waals surface area contributed by atoms with Crippen LogP contribution in [0.4, 0.5) is 10.1 Å². The highest BCUT2D eigenvalue weighted by atomic mass is 19.1. The number of nitrogen functional groups attached to an aromatic ring is 1. The van der Waals surface area contributed by atoms with E-state index >= 15 is 0 Å². The molecule has 0 atom stereocenters. The molecule has 6 heteroatoms. The Morgan fingerprint density at radius 3 is 2.80 bits per heavy atom. The summed E-state index contributed by atoms with van der Waals surface area (Å²) < 4.78 is 20.7. The first-order valence-corrected chi connectivity index (χ1v) is 7.70. The maximum absolute atomic E-state index is 13.9. The Labute approximate surface area is 143 Å². The second kappa shape index (κ2) is 5.37. The molecule has 0 aliphatic rings. The number of aromatic nitrogens is 2. The van der Waals surface area contributed by atoms with Gasteiger partial charge in [0.15, 0.2) is 0 Å². The molecule has 4 aromatic rings. The molecule has 0 radical (unpaired) electrons. The van der Waals surface area contributed by atoms with Gasteiger partial charge in [0.05, 0.1) is 29.2 Å². The second-order valence-electron chi connectivity index (χ2n) is 5.93. The van der Waals surface area contributed by atoms with E-state index in [2.05, 4.69) is 4.98 Å². The van der Waals surface area contributed by atoms with Crippen molar-refractivity contribution in [3.63, 3.8) is 0 Å². The van der Waals surface area contributed by atoms with Gasteiger partial charge in [-0.25, -0.2) is 9.37 Å². The van der Waals surface area contributed by atoms with Crippen LogP contribution in [0, 0.1) is 5.82 Å². The lowest BCUT2D eigenvalue weighted by atomic mass is 10.00. The number of anilines is 1. The molecular formula is C19H16FN3O2. The molecule has 0 bridgehead atoms. The minimum absolute atomic E-state index is 0.0692. The summed E-state index contributed by atoms with van der Waals surface area (Å²) >= 11 is 0. The molecule has 2 aromatic carbocycles. The predicted octanol–water partition coefficient (Wildman–Crippen LogP) is 3.83. The molecule has 0 spiro atoms. The Kier molecular flexibility index (Phi) is 3.28. The van der Waals surface area contributed by atoms with Crippen molar-refractivity contribution in [2.24, 2.45) is 7.05 Å². The van der Waals surface area contributed by atoms with Crippen LogP contribution < -0.4 is 10.5 Å². The van der Waals surface area contributed by atoms with E-state index in [1.165, 1.54) is 19.2 Å². The first-order valence-electron chi connectivity index (χ1n) is 7.70. The summed E-state index contributed by atoms with van der Waals surface area (Å²) in [4.78, 5) is 4.66. The number of fused-ring (bicyclic) bond motifs is 2. The van der Waals surface area contributed by atoms with Crippen molar-refractivity contribution >= 4 is 27.5 Å². The zero-order valence-corrected chi connectivity index (χ0v) is 13.7. The normalized spacial score (nSPS) is 11.3. The maximum atomic E-state index is 13.9. The van der Waals surface area contributed by atoms with Crippen LogP contribution in [0.3, 0.4) is 0 Å². The number of aryl methyl sites for hydroxylation is 1. The third-order valence-corrected chi connectivity index (χ3v) is 4.38. The molecule has 0 aliphatic carbocycles. The van der Waals surface area contributed by atoms with Gasteiger partial charge in [-0.2, -0.15) is 0 Å². The Hall–Kier alpha value is -3.28. The van der Waals surface area contributed by atoms with Crippen molar-refractivity contribution in [1.82, 2.24) is 9.55 Å². The smallest absolute Gasteiger partial charge is 0.202 e. The monoisotopic (exact) mass is 337 g/mol. The van der Waals surface area contributed by atoms with Gasteiger partial charge >= 0.3 is 0 Å². The lowest BCUT2D eigenvalue weighted by molar-refractivity contribution is 0.411. The third-order valence-electron chi connectivity index (χ3n) is 4.38. The molecular weight excluding hydrogens is 321 g/mol. The van der Waals surface area contributed by atoms with Gasteiger partial charge in [-0.05, 0) is 17.7 Å². The van der Waals surface area contributed by atoms with Crippen LogP contribution >= 0.6 is 0 Å². The minimum atomic E-state index is -0.391. The van der Waals surface area contributed by atoms with Crippen molar-refractivity contribution in [2.45, 2.75) is 0 Å². The van der Waals surface area contributed by atoms with Crippen molar-refractivity contribution < 1.29 is 14.2 Å². The summed E-state index contributed by atoms with van der Waals surface area (Å²) in [5.41, 5.74) is 9.36. The molecule has 0 amide bonds. The molecule has 4 rings (SSSR count). The van der Waals surface area contributed by atoms with Crippen molar-refractivity contribution in [1.29, 1.82) is 0 Å². The van der Waals surface area contributed by atoms with Gasteiger partial charge < -0.3 is 20.1 Å². The van der Waals surface area contributed by atoms with E-state index in [1.54, 1.807) is 23.9 Å². The second-order valence-corrected chi connectivity index (χ2v) is 5.93. The molecule has 0 saturated carbocycles. The molecule has 3 N–H and O–H groups in total. The van der Waals surface area contributed by atoms with Gasteiger partial charge in [0.1, 0.15) is 11.6 Å². The van der Waals surface area contributed by atoms with Crippen LogP contribution in [0.25, 0.3) is 32.9 Å².